The third kappa shape index (κ3) is 2.03. The van der Waals surface area contributed by atoms with E-state index in [1.165, 1.54) is 5.56 Å². The molecule has 1 aromatic rings. The van der Waals surface area contributed by atoms with E-state index in [0.29, 0.717) is 0 Å². The molecule has 0 radical (unpaired) electrons. The van der Waals surface area contributed by atoms with Crippen LogP contribution in [0.5, 0.6) is 0 Å². The first-order chi connectivity index (χ1) is 8.60. The Labute approximate surface area is 108 Å². The molecule has 18 heavy (non-hydrogen) atoms. The SMILES string of the molecule is Cc1ccc(C(=O)N2CCC3(CC2)CO3)c(C)c1. The summed E-state index contributed by atoms with van der Waals surface area (Å²) in [5.74, 6) is 0.169. The van der Waals surface area contributed by atoms with E-state index in [1.807, 2.05) is 24.0 Å². The summed E-state index contributed by atoms with van der Waals surface area (Å²) in [5.41, 5.74) is 3.25. The molecule has 96 valence electrons. The van der Waals surface area contributed by atoms with Crippen molar-refractivity contribution in [2.75, 3.05) is 19.7 Å². The van der Waals surface area contributed by atoms with E-state index < -0.39 is 0 Å². The molecule has 0 unspecified atom stereocenters. The number of amides is 1. The number of aryl methyl sites for hydroxylation is 2. The Balaban J connectivity index is 1.74. The molecule has 0 aliphatic carbocycles. The third-order valence-electron chi connectivity index (χ3n) is 4.13. The number of hydrogen-bond donors (Lipinski definition) is 0. The minimum absolute atomic E-state index is 0.138. The molecule has 1 spiro atoms. The molecule has 3 rings (SSSR count). The van der Waals surface area contributed by atoms with E-state index in [2.05, 4.69) is 13.0 Å². The van der Waals surface area contributed by atoms with Crippen LogP contribution in [0.25, 0.3) is 0 Å². The van der Waals surface area contributed by atoms with E-state index in [1.54, 1.807) is 0 Å². The molecule has 0 bridgehead atoms. The maximum absolute atomic E-state index is 12.4. The van der Waals surface area contributed by atoms with Crippen LogP contribution in [0.2, 0.25) is 0 Å². The predicted molar refractivity (Wildman–Crippen MR) is 69.7 cm³/mol. The predicted octanol–water partition coefficient (Wildman–Crippen LogP) is 2.31. The Hall–Kier alpha value is -1.35. The van der Waals surface area contributed by atoms with Crippen LogP contribution in [0.1, 0.15) is 34.3 Å². The maximum atomic E-state index is 12.4. The summed E-state index contributed by atoms with van der Waals surface area (Å²) in [5, 5.41) is 0. The lowest BCUT2D eigenvalue weighted by Gasteiger charge is -2.30. The average molecular weight is 245 g/mol. The molecule has 1 aromatic carbocycles. The fourth-order valence-electron chi connectivity index (χ4n) is 2.73. The number of hydrogen-bond acceptors (Lipinski definition) is 2. The molecule has 0 aromatic heterocycles. The Kier molecular flexibility index (Phi) is 2.67. The number of piperidine rings is 1. The van der Waals surface area contributed by atoms with Crippen molar-refractivity contribution in [3.63, 3.8) is 0 Å². The van der Waals surface area contributed by atoms with Gasteiger partial charge in [-0.25, -0.2) is 0 Å². The number of carbonyl (C=O) groups excluding carboxylic acids is 1. The summed E-state index contributed by atoms with van der Waals surface area (Å²) in [6.07, 6.45) is 1.98. The highest BCUT2D eigenvalue weighted by Gasteiger charge is 2.47. The van der Waals surface area contributed by atoms with E-state index in [-0.39, 0.29) is 11.5 Å². The normalized spacial score (nSPS) is 21.1. The molecular weight excluding hydrogens is 226 g/mol. The minimum Gasteiger partial charge on any atom is -0.369 e. The van der Waals surface area contributed by atoms with Crippen molar-refractivity contribution in [2.45, 2.75) is 32.3 Å². The van der Waals surface area contributed by atoms with Crippen molar-refractivity contribution in [1.29, 1.82) is 0 Å². The van der Waals surface area contributed by atoms with E-state index >= 15 is 0 Å². The van der Waals surface area contributed by atoms with Crippen molar-refractivity contribution < 1.29 is 9.53 Å². The number of ether oxygens (including phenoxy) is 1. The monoisotopic (exact) mass is 245 g/mol. The van der Waals surface area contributed by atoms with E-state index in [0.717, 1.165) is 43.7 Å². The number of nitrogens with zero attached hydrogens (tertiary/aromatic N) is 1. The van der Waals surface area contributed by atoms with Gasteiger partial charge in [0.2, 0.25) is 0 Å². The van der Waals surface area contributed by atoms with Gasteiger partial charge in [-0.2, -0.15) is 0 Å². The molecule has 0 atom stereocenters. The first kappa shape index (κ1) is 11.7. The van der Waals surface area contributed by atoms with Gasteiger partial charge in [0.25, 0.3) is 5.91 Å². The number of benzene rings is 1. The Morgan fingerprint density at radius 2 is 1.94 bits per heavy atom. The maximum Gasteiger partial charge on any atom is 0.254 e. The van der Waals surface area contributed by atoms with Gasteiger partial charge in [-0.3, -0.25) is 4.79 Å². The van der Waals surface area contributed by atoms with Crippen LogP contribution >= 0.6 is 0 Å². The van der Waals surface area contributed by atoms with Gasteiger partial charge in [0.05, 0.1) is 12.2 Å². The van der Waals surface area contributed by atoms with Crippen molar-refractivity contribution in [1.82, 2.24) is 4.90 Å². The Bertz CT molecular complexity index is 481. The van der Waals surface area contributed by atoms with Crippen LogP contribution in [0.15, 0.2) is 18.2 Å². The smallest absolute Gasteiger partial charge is 0.254 e. The Morgan fingerprint density at radius 3 is 2.50 bits per heavy atom. The van der Waals surface area contributed by atoms with Crippen LogP contribution < -0.4 is 0 Å². The molecule has 2 aliphatic heterocycles. The first-order valence-corrected chi connectivity index (χ1v) is 6.60. The summed E-state index contributed by atoms with van der Waals surface area (Å²) < 4.78 is 5.47. The van der Waals surface area contributed by atoms with Crippen LogP contribution in [-0.4, -0.2) is 36.1 Å². The zero-order valence-corrected chi connectivity index (χ0v) is 11.0. The second kappa shape index (κ2) is 4.09. The summed E-state index contributed by atoms with van der Waals surface area (Å²) in [7, 11) is 0. The van der Waals surface area contributed by atoms with Crippen molar-refractivity contribution >= 4 is 5.91 Å². The highest BCUT2D eigenvalue weighted by molar-refractivity contribution is 5.95. The quantitative estimate of drug-likeness (QED) is 0.711. The van der Waals surface area contributed by atoms with Gasteiger partial charge in [0.1, 0.15) is 0 Å². The lowest BCUT2D eigenvalue weighted by Crippen LogP contribution is -2.41. The van der Waals surface area contributed by atoms with Crippen molar-refractivity contribution in [2.24, 2.45) is 0 Å². The average Bonchev–Trinajstić information content (AvgIpc) is 3.09. The lowest BCUT2D eigenvalue weighted by atomic mass is 9.96. The molecule has 1 amide bonds. The fraction of sp³-hybridized carbons (Fsp3) is 0.533. The van der Waals surface area contributed by atoms with E-state index in [4.69, 9.17) is 4.74 Å². The standard InChI is InChI=1S/C15H19NO2/c1-11-3-4-13(12(2)9-11)14(17)16-7-5-15(6-8-16)10-18-15/h3-4,9H,5-8,10H2,1-2H3. The second-order valence-electron chi connectivity index (χ2n) is 5.58. The van der Waals surface area contributed by atoms with Crippen LogP contribution in [0.4, 0.5) is 0 Å². The zero-order valence-electron chi connectivity index (χ0n) is 11.0. The van der Waals surface area contributed by atoms with Gasteiger partial charge in [-0.05, 0) is 38.3 Å². The van der Waals surface area contributed by atoms with Gasteiger partial charge < -0.3 is 9.64 Å². The second-order valence-corrected chi connectivity index (χ2v) is 5.58. The molecule has 0 N–H and O–H groups in total. The molecule has 2 fully saturated rings. The highest BCUT2D eigenvalue weighted by Crippen LogP contribution is 2.38. The van der Waals surface area contributed by atoms with E-state index in [9.17, 15) is 4.79 Å². The molecule has 2 heterocycles. The lowest BCUT2D eigenvalue weighted by molar-refractivity contribution is 0.0662. The van der Waals surface area contributed by atoms with Gasteiger partial charge >= 0.3 is 0 Å². The minimum atomic E-state index is 0.138. The highest BCUT2D eigenvalue weighted by atomic mass is 16.6. The van der Waals surface area contributed by atoms with Gasteiger partial charge in [0, 0.05) is 18.7 Å². The molecule has 3 heteroatoms. The molecular formula is C15H19NO2. The number of likely N-dealkylation sites (tertiary alicyclic amines) is 1. The van der Waals surface area contributed by atoms with Crippen LogP contribution in [0, 0.1) is 13.8 Å². The summed E-state index contributed by atoms with van der Waals surface area (Å²) >= 11 is 0. The molecule has 0 saturated carbocycles. The topological polar surface area (TPSA) is 32.8 Å². The molecule has 2 aliphatic rings. The largest absolute Gasteiger partial charge is 0.369 e. The number of rotatable bonds is 1. The first-order valence-electron chi connectivity index (χ1n) is 6.60. The zero-order chi connectivity index (χ0) is 12.8. The molecule has 3 nitrogen and oxygen atoms in total. The van der Waals surface area contributed by atoms with Gasteiger partial charge in [0.15, 0.2) is 0 Å². The van der Waals surface area contributed by atoms with Gasteiger partial charge in [-0.1, -0.05) is 17.7 Å². The fourth-order valence-corrected chi connectivity index (χ4v) is 2.73. The van der Waals surface area contributed by atoms with Gasteiger partial charge in [-0.15, -0.1) is 0 Å². The molecule has 2 saturated heterocycles. The third-order valence-corrected chi connectivity index (χ3v) is 4.13. The van der Waals surface area contributed by atoms with Crippen molar-refractivity contribution in [3.8, 4) is 0 Å². The number of epoxide rings is 1. The van der Waals surface area contributed by atoms with Crippen molar-refractivity contribution in [3.05, 3.63) is 34.9 Å². The number of carbonyl (C=O) groups is 1. The summed E-state index contributed by atoms with van der Waals surface area (Å²) in [6.45, 7) is 6.60. The Morgan fingerprint density at radius 1 is 1.28 bits per heavy atom. The summed E-state index contributed by atoms with van der Waals surface area (Å²) in [6, 6.07) is 6.03. The van der Waals surface area contributed by atoms with Crippen LogP contribution in [0.3, 0.4) is 0 Å². The summed E-state index contributed by atoms with van der Waals surface area (Å²) in [4.78, 5) is 14.4. The van der Waals surface area contributed by atoms with Crippen LogP contribution in [-0.2, 0) is 4.74 Å².